The lowest BCUT2D eigenvalue weighted by molar-refractivity contribution is -0.00182. The van der Waals surface area contributed by atoms with E-state index in [1.807, 2.05) is 55.5 Å². The maximum absolute atomic E-state index is 6.01. The molecule has 1 unspecified atom stereocenters. The lowest BCUT2D eigenvalue weighted by atomic mass is 10.0. The Morgan fingerprint density at radius 1 is 0.950 bits per heavy atom. The Bertz CT molecular complexity index is 577. The third-order valence-electron chi connectivity index (χ3n) is 3.32. The SMILES string of the molecule is CCC(C)(C#Cc1ccccc1)OCc1ccccc1. The predicted molar refractivity (Wildman–Crippen MR) is 83.2 cm³/mol. The molecule has 0 spiro atoms. The average Bonchev–Trinajstić information content (AvgIpc) is 2.53. The van der Waals surface area contributed by atoms with Crippen molar-refractivity contribution >= 4 is 0 Å². The van der Waals surface area contributed by atoms with Crippen LogP contribution in [0.15, 0.2) is 60.7 Å². The molecule has 0 heterocycles. The third-order valence-corrected chi connectivity index (χ3v) is 3.32. The number of hydrogen-bond donors (Lipinski definition) is 0. The van der Waals surface area contributed by atoms with Crippen molar-refractivity contribution in [3.63, 3.8) is 0 Å². The first kappa shape index (κ1) is 14.4. The van der Waals surface area contributed by atoms with Crippen LogP contribution in [0.25, 0.3) is 0 Å². The molecule has 1 atom stereocenters. The summed E-state index contributed by atoms with van der Waals surface area (Å²) in [6.07, 6.45) is 0.861. The zero-order valence-corrected chi connectivity index (χ0v) is 12.1. The molecule has 0 aliphatic rings. The Balaban J connectivity index is 2.04. The first-order valence-electron chi connectivity index (χ1n) is 6.98. The third kappa shape index (κ3) is 4.26. The van der Waals surface area contributed by atoms with Gasteiger partial charge in [0.25, 0.3) is 0 Å². The standard InChI is InChI=1S/C19H20O/c1-3-19(2,15-14-17-10-6-4-7-11-17)20-16-18-12-8-5-9-13-18/h4-13H,3,16H2,1-2H3. The average molecular weight is 264 g/mol. The maximum Gasteiger partial charge on any atom is 0.126 e. The molecule has 0 N–H and O–H groups in total. The molecule has 2 aromatic rings. The van der Waals surface area contributed by atoms with Gasteiger partial charge in [0, 0.05) is 5.56 Å². The molecule has 20 heavy (non-hydrogen) atoms. The second-order valence-corrected chi connectivity index (χ2v) is 4.97. The summed E-state index contributed by atoms with van der Waals surface area (Å²) < 4.78 is 6.01. The summed E-state index contributed by atoms with van der Waals surface area (Å²) in [7, 11) is 0. The van der Waals surface area contributed by atoms with Crippen molar-refractivity contribution < 1.29 is 4.74 Å². The summed E-state index contributed by atoms with van der Waals surface area (Å²) in [5, 5.41) is 0. The van der Waals surface area contributed by atoms with Crippen LogP contribution in [0.2, 0.25) is 0 Å². The van der Waals surface area contributed by atoms with E-state index in [1.165, 1.54) is 5.56 Å². The number of ether oxygens (including phenoxy) is 1. The lowest BCUT2D eigenvalue weighted by Crippen LogP contribution is -2.25. The van der Waals surface area contributed by atoms with Crippen molar-refractivity contribution in [3.05, 3.63) is 71.8 Å². The van der Waals surface area contributed by atoms with Crippen LogP contribution in [0.1, 0.15) is 31.4 Å². The van der Waals surface area contributed by atoms with Gasteiger partial charge < -0.3 is 4.74 Å². The molecule has 0 amide bonds. The van der Waals surface area contributed by atoms with Crippen molar-refractivity contribution in [1.82, 2.24) is 0 Å². The quantitative estimate of drug-likeness (QED) is 0.743. The van der Waals surface area contributed by atoms with Crippen LogP contribution in [-0.4, -0.2) is 5.60 Å². The molecule has 2 rings (SSSR count). The maximum atomic E-state index is 6.01. The fourth-order valence-corrected chi connectivity index (χ4v) is 1.77. The summed E-state index contributed by atoms with van der Waals surface area (Å²) in [6.45, 7) is 4.74. The van der Waals surface area contributed by atoms with Crippen LogP contribution in [-0.2, 0) is 11.3 Å². The molecule has 0 fully saturated rings. The molecule has 0 aromatic heterocycles. The fourth-order valence-electron chi connectivity index (χ4n) is 1.77. The van der Waals surface area contributed by atoms with Crippen molar-refractivity contribution in [1.29, 1.82) is 0 Å². The van der Waals surface area contributed by atoms with Crippen molar-refractivity contribution in [3.8, 4) is 11.8 Å². The van der Waals surface area contributed by atoms with E-state index in [9.17, 15) is 0 Å². The van der Waals surface area contributed by atoms with Gasteiger partial charge in [0.1, 0.15) is 5.60 Å². The highest BCUT2D eigenvalue weighted by Gasteiger charge is 2.19. The predicted octanol–water partition coefficient (Wildman–Crippen LogP) is 4.42. The zero-order chi connectivity index (χ0) is 14.3. The Hall–Kier alpha value is -2.04. The second kappa shape index (κ2) is 6.93. The fraction of sp³-hybridized carbons (Fsp3) is 0.263. The Morgan fingerprint density at radius 3 is 2.15 bits per heavy atom. The zero-order valence-electron chi connectivity index (χ0n) is 12.1. The van der Waals surface area contributed by atoms with Gasteiger partial charge in [-0.2, -0.15) is 0 Å². The van der Waals surface area contributed by atoms with E-state index < -0.39 is 5.60 Å². The van der Waals surface area contributed by atoms with Crippen molar-refractivity contribution in [2.45, 2.75) is 32.5 Å². The highest BCUT2D eigenvalue weighted by atomic mass is 16.5. The number of benzene rings is 2. The summed E-state index contributed by atoms with van der Waals surface area (Å²) in [6, 6.07) is 20.2. The van der Waals surface area contributed by atoms with E-state index in [0.29, 0.717) is 6.61 Å². The molecule has 1 nitrogen and oxygen atoms in total. The first-order chi connectivity index (χ1) is 9.72. The molecule has 0 radical (unpaired) electrons. The van der Waals surface area contributed by atoms with Crippen LogP contribution in [0, 0.1) is 11.8 Å². The molecule has 2 aromatic carbocycles. The smallest absolute Gasteiger partial charge is 0.126 e. The summed E-state index contributed by atoms with van der Waals surface area (Å²) in [5.41, 5.74) is 1.79. The Labute approximate surface area is 121 Å². The monoisotopic (exact) mass is 264 g/mol. The molecule has 1 heteroatoms. The molecule has 0 aliphatic heterocycles. The Morgan fingerprint density at radius 2 is 1.55 bits per heavy atom. The summed E-state index contributed by atoms with van der Waals surface area (Å²) in [5.74, 6) is 6.46. The van der Waals surface area contributed by atoms with Crippen LogP contribution < -0.4 is 0 Å². The highest BCUT2D eigenvalue weighted by molar-refractivity contribution is 5.35. The summed E-state index contributed by atoms with van der Waals surface area (Å²) >= 11 is 0. The van der Waals surface area contributed by atoms with E-state index in [2.05, 4.69) is 30.9 Å². The van der Waals surface area contributed by atoms with Gasteiger partial charge in [0.15, 0.2) is 0 Å². The van der Waals surface area contributed by atoms with Gasteiger partial charge in [0.05, 0.1) is 6.61 Å². The van der Waals surface area contributed by atoms with Gasteiger partial charge >= 0.3 is 0 Å². The molecule has 0 bridgehead atoms. The molecule has 0 saturated carbocycles. The Kier molecular flexibility index (Phi) is 4.98. The minimum Gasteiger partial charge on any atom is -0.358 e. The minimum absolute atomic E-state index is 0.411. The van der Waals surface area contributed by atoms with Crippen molar-refractivity contribution in [2.24, 2.45) is 0 Å². The van der Waals surface area contributed by atoms with Gasteiger partial charge in [-0.3, -0.25) is 0 Å². The molecule has 102 valence electrons. The van der Waals surface area contributed by atoms with Crippen LogP contribution in [0.4, 0.5) is 0 Å². The normalized spacial score (nSPS) is 13.1. The van der Waals surface area contributed by atoms with Crippen LogP contribution in [0.3, 0.4) is 0 Å². The molecular weight excluding hydrogens is 244 g/mol. The van der Waals surface area contributed by atoms with E-state index >= 15 is 0 Å². The first-order valence-corrected chi connectivity index (χ1v) is 6.98. The highest BCUT2D eigenvalue weighted by Crippen LogP contribution is 2.17. The number of hydrogen-bond acceptors (Lipinski definition) is 1. The van der Waals surface area contributed by atoms with E-state index in [4.69, 9.17) is 4.74 Å². The molecule has 0 aliphatic carbocycles. The van der Waals surface area contributed by atoms with Crippen molar-refractivity contribution in [2.75, 3.05) is 0 Å². The van der Waals surface area contributed by atoms with Gasteiger partial charge in [-0.25, -0.2) is 0 Å². The van der Waals surface area contributed by atoms with Crippen LogP contribution in [0.5, 0.6) is 0 Å². The van der Waals surface area contributed by atoms with Gasteiger partial charge in [-0.15, -0.1) is 0 Å². The molecular formula is C19H20O. The van der Waals surface area contributed by atoms with Gasteiger partial charge in [-0.05, 0) is 31.0 Å². The second-order valence-electron chi connectivity index (χ2n) is 4.97. The lowest BCUT2D eigenvalue weighted by Gasteiger charge is -2.22. The molecule has 0 saturated heterocycles. The van der Waals surface area contributed by atoms with E-state index in [0.717, 1.165) is 12.0 Å². The van der Waals surface area contributed by atoms with Gasteiger partial charge in [0.2, 0.25) is 0 Å². The largest absolute Gasteiger partial charge is 0.358 e. The van der Waals surface area contributed by atoms with Crippen LogP contribution >= 0.6 is 0 Å². The van der Waals surface area contributed by atoms with E-state index in [-0.39, 0.29) is 0 Å². The van der Waals surface area contributed by atoms with E-state index in [1.54, 1.807) is 0 Å². The summed E-state index contributed by atoms with van der Waals surface area (Å²) in [4.78, 5) is 0. The number of rotatable bonds is 4. The van der Waals surface area contributed by atoms with Gasteiger partial charge in [-0.1, -0.05) is 67.3 Å². The topological polar surface area (TPSA) is 9.23 Å². The minimum atomic E-state index is -0.411.